The molecule has 9 rings (SSSR count). The summed E-state index contributed by atoms with van der Waals surface area (Å²) in [7, 11) is 0. The van der Waals surface area contributed by atoms with Gasteiger partial charge >= 0.3 is 0 Å². The van der Waals surface area contributed by atoms with E-state index in [9.17, 15) is 0 Å². The largest absolute Gasteiger partial charge is 0.456 e. The molecule has 182 valence electrons. The van der Waals surface area contributed by atoms with Crippen LogP contribution in [0.4, 0.5) is 0 Å². The van der Waals surface area contributed by atoms with E-state index in [1.165, 1.54) is 0 Å². The van der Waals surface area contributed by atoms with Gasteiger partial charge in [-0.05, 0) is 36.4 Å². The number of benzene rings is 5. The summed E-state index contributed by atoms with van der Waals surface area (Å²) in [6.07, 6.45) is 0. The fraction of sp³-hybridized carbons (Fsp3) is 0. The number of hydrogen-bond acceptors (Lipinski definition) is 4. The maximum atomic E-state index is 6.47. The Bertz CT molecular complexity index is 2390. The molecule has 0 aliphatic rings. The zero-order valence-electron chi connectivity index (χ0n) is 20.6. The first-order valence-corrected chi connectivity index (χ1v) is 12.9. The summed E-state index contributed by atoms with van der Waals surface area (Å²) >= 11 is 0. The summed E-state index contributed by atoms with van der Waals surface area (Å²) in [6, 6.07) is 39.0. The fourth-order valence-corrected chi connectivity index (χ4v) is 5.95. The Morgan fingerprint density at radius 2 is 1.18 bits per heavy atom. The van der Waals surface area contributed by atoms with Gasteiger partial charge in [0.05, 0.1) is 11.0 Å². The molecule has 5 heteroatoms. The Morgan fingerprint density at radius 1 is 0.487 bits per heavy atom. The monoisotopic (exact) mass is 501 g/mol. The standard InChI is InChI=1S/C34H19N3O2/c1-2-10-20(11-3-1)33-35-31-23-14-6-9-17-27(23)39-32(31)34(36-33)37-24-15-7-4-12-21(24)29-25(37)18-19-28-30(29)22-13-5-8-16-26(22)38-28/h1-19H. The van der Waals surface area contributed by atoms with Crippen molar-refractivity contribution in [2.24, 2.45) is 0 Å². The van der Waals surface area contributed by atoms with Gasteiger partial charge in [0.1, 0.15) is 22.3 Å². The Morgan fingerprint density at radius 3 is 2.03 bits per heavy atom. The normalized spacial score (nSPS) is 12.1. The van der Waals surface area contributed by atoms with E-state index >= 15 is 0 Å². The molecule has 4 heterocycles. The van der Waals surface area contributed by atoms with Crippen molar-refractivity contribution in [3.63, 3.8) is 0 Å². The van der Waals surface area contributed by atoms with Gasteiger partial charge in [0.25, 0.3) is 0 Å². The molecule has 0 radical (unpaired) electrons. The van der Waals surface area contributed by atoms with Gasteiger partial charge in [-0.2, -0.15) is 0 Å². The molecule has 0 saturated carbocycles. The SMILES string of the molecule is c1ccc(-c2nc(-n3c4ccccc4c4c5c(ccc43)oc3ccccc35)c3oc4ccccc4c3n2)cc1. The Hall–Kier alpha value is -5.42. The number of fused-ring (bicyclic) bond motifs is 10. The van der Waals surface area contributed by atoms with Crippen LogP contribution in [-0.2, 0) is 0 Å². The number of furan rings is 2. The van der Waals surface area contributed by atoms with Crippen LogP contribution < -0.4 is 0 Å². The molecule has 0 fully saturated rings. The second kappa shape index (κ2) is 7.55. The lowest BCUT2D eigenvalue weighted by Crippen LogP contribution is -2.01. The van der Waals surface area contributed by atoms with Crippen molar-refractivity contribution in [2.45, 2.75) is 0 Å². The van der Waals surface area contributed by atoms with Crippen LogP contribution in [0.15, 0.2) is 124 Å². The van der Waals surface area contributed by atoms with E-state index in [0.717, 1.165) is 65.8 Å². The summed E-state index contributed by atoms with van der Waals surface area (Å²) in [4.78, 5) is 10.2. The first-order valence-electron chi connectivity index (χ1n) is 12.9. The molecule has 0 spiro atoms. The van der Waals surface area contributed by atoms with Gasteiger partial charge in [-0.15, -0.1) is 0 Å². The molecule has 5 nitrogen and oxygen atoms in total. The molecule has 0 aliphatic heterocycles. The summed E-state index contributed by atoms with van der Waals surface area (Å²) in [6.45, 7) is 0. The van der Waals surface area contributed by atoms with Crippen LogP contribution >= 0.6 is 0 Å². The number of aromatic nitrogens is 3. The van der Waals surface area contributed by atoms with Crippen LogP contribution in [0.3, 0.4) is 0 Å². The van der Waals surface area contributed by atoms with Crippen LogP contribution in [-0.4, -0.2) is 14.5 Å². The third-order valence-corrected chi connectivity index (χ3v) is 7.62. The molecule has 0 atom stereocenters. The van der Waals surface area contributed by atoms with E-state index in [-0.39, 0.29) is 0 Å². The van der Waals surface area contributed by atoms with Crippen LogP contribution in [0.5, 0.6) is 0 Å². The van der Waals surface area contributed by atoms with Crippen molar-refractivity contribution in [3.05, 3.63) is 115 Å². The van der Waals surface area contributed by atoms with Gasteiger partial charge in [-0.25, -0.2) is 9.97 Å². The molecule has 5 aromatic carbocycles. The molecular weight excluding hydrogens is 482 g/mol. The van der Waals surface area contributed by atoms with E-state index in [2.05, 4.69) is 59.2 Å². The maximum absolute atomic E-state index is 6.47. The van der Waals surface area contributed by atoms with E-state index in [0.29, 0.717) is 17.2 Å². The van der Waals surface area contributed by atoms with Gasteiger partial charge in [0, 0.05) is 32.5 Å². The van der Waals surface area contributed by atoms with Gasteiger partial charge in [-0.3, -0.25) is 4.57 Å². The van der Waals surface area contributed by atoms with Crippen molar-refractivity contribution >= 4 is 65.8 Å². The average molecular weight is 502 g/mol. The molecule has 39 heavy (non-hydrogen) atoms. The molecule has 0 aliphatic carbocycles. The van der Waals surface area contributed by atoms with Crippen molar-refractivity contribution in [1.82, 2.24) is 14.5 Å². The average Bonchev–Trinajstić information content (AvgIpc) is 3.66. The minimum absolute atomic E-state index is 0.658. The third kappa shape index (κ3) is 2.79. The van der Waals surface area contributed by atoms with Crippen molar-refractivity contribution < 1.29 is 8.83 Å². The summed E-state index contributed by atoms with van der Waals surface area (Å²) < 4.78 is 14.9. The third-order valence-electron chi connectivity index (χ3n) is 7.62. The topological polar surface area (TPSA) is 57.0 Å². The fourth-order valence-electron chi connectivity index (χ4n) is 5.95. The van der Waals surface area contributed by atoms with Crippen LogP contribution in [0, 0.1) is 0 Å². The Balaban J connectivity index is 1.50. The van der Waals surface area contributed by atoms with Crippen LogP contribution in [0.25, 0.3) is 83.0 Å². The maximum Gasteiger partial charge on any atom is 0.197 e. The lowest BCUT2D eigenvalue weighted by atomic mass is 10.1. The molecule has 0 unspecified atom stereocenters. The number of nitrogens with zero attached hydrogens (tertiary/aromatic N) is 3. The molecule has 0 bridgehead atoms. The Kier molecular flexibility index (Phi) is 3.99. The number of rotatable bonds is 2. The lowest BCUT2D eigenvalue weighted by Gasteiger charge is -2.10. The molecular formula is C34H19N3O2. The Labute approximate surface area is 221 Å². The molecule has 0 amide bonds. The first kappa shape index (κ1) is 20.6. The van der Waals surface area contributed by atoms with Crippen molar-refractivity contribution in [1.29, 1.82) is 0 Å². The van der Waals surface area contributed by atoms with E-state index in [1.54, 1.807) is 0 Å². The predicted molar refractivity (Wildman–Crippen MR) is 156 cm³/mol. The van der Waals surface area contributed by atoms with Crippen molar-refractivity contribution in [2.75, 3.05) is 0 Å². The highest BCUT2D eigenvalue weighted by molar-refractivity contribution is 6.27. The second-order valence-electron chi connectivity index (χ2n) is 9.80. The minimum Gasteiger partial charge on any atom is -0.456 e. The molecule has 4 aromatic heterocycles. The van der Waals surface area contributed by atoms with Crippen LogP contribution in [0.2, 0.25) is 0 Å². The van der Waals surface area contributed by atoms with Gasteiger partial charge < -0.3 is 8.83 Å². The molecule has 0 N–H and O–H groups in total. The lowest BCUT2D eigenvalue weighted by molar-refractivity contribution is 0.662. The second-order valence-corrected chi connectivity index (χ2v) is 9.80. The minimum atomic E-state index is 0.658. The summed E-state index contributed by atoms with van der Waals surface area (Å²) in [5, 5.41) is 5.45. The van der Waals surface area contributed by atoms with E-state index < -0.39 is 0 Å². The zero-order valence-corrected chi connectivity index (χ0v) is 20.6. The first-order chi connectivity index (χ1) is 19.3. The number of para-hydroxylation sites is 3. The smallest absolute Gasteiger partial charge is 0.197 e. The zero-order chi connectivity index (χ0) is 25.5. The van der Waals surface area contributed by atoms with E-state index in [1.807, 2.05) is 60.7 Å². The summed E-state index contributed by atoms with van der Waals surface area (Å²) in [5.74, 6) is 1.37. The summed E-state index contributed by atoms with van der Waals surface area (Å²) in [5.41, 5.74) is 7.04. The number of hydrogen-bond donors (Lipinski definition) is 0. The highest BCUT2D eigenvalue weighted by Crippen LogP contribution is 2.42. The van der Waals surface area contributed by atoms with E-state index in [4.69, 9.17) is 18.8 Å². The van der Waals surface area contributed by atoms with Gasteiger partial charge in [-0.1, -0.05) is 78.9 Å². The highest BCUT2D eigenvalue weighted by atomic mass is 16.3. The molecule has 0 saturated heterocycles. The predicted octanol–water partition coefficient (Wildman–Crippen LogP) is 9.04. The van der Waals surface area contributed by atoms with Gasteiger partial charge in [0.2, 0.25) is 0 Å². The van der Waals surface area contributed by atoms with Crippen LogP contribution in [0.1, 0.15) is 0 Å². The van der Waals surface area contributed by atoms with Crippen molar-refractivity contribution in [3.8, 4) is 17.2 Å². The quantitative estimate of drug-likeness (QED) is 0.237. The van der Waals surface area contributed by atoms with Gasteiger partial charge in [0.15, 0.2) is 17.2 Å². The highest BCUT2D eigenvalue weighted by Gasteiger charge is 2.23. The molecule has 9 aromatic rings.